The maximum atomic E-state index is 6.62. The Bertz CT molecular complexity index is 4710. The van der Waals surface area contributed by atoms with E-state index in [9.17, 15) is 0 Å². The summed E-state index contributed by atoms with van der Waals surface area (Å²) in [6.45, 7) is 12.7. The number of allylic oxidation sites excluding steroid dienone is 3. The molecule has 16 rings (SSSR count). The molecule has 0 unspecified atom stereocenters. The van der Waals surface area contributed by atoms with Gasteiger partial charge >= 0.3 is 0 Å². The van der Waals surface area contributed by atoms with Crippen LogP contribution in [0.5, 0.6) is 23.0 Å². The third kappa shape index (κ3) is 9.98. The van der Waals surface area contributed by atoms with Gasteiger partial charge in [-0.1, -0.05) is 206 Å². The van der Waals surface area contributed by atoms with Crippen LogP contribution in [0.25, 0.3) is 94.8 Å². The van der Waals surface area contributed by atoms with E-state index in [0.29, 0.717) is 11.7 Å². The highest BCUT2D eigenvalue weighted by molar-refractivity contribution is 6.11. The fourth-order valence-corrected chi connectivity index (χ4v) is 12.5. The Kier molecular flexibility index (Phi) is 15.5. The Morgan fingerprint density at radius 2 is 0.898 bits per heavy atom. The summed E-state index contributed by atoms with van der Waals surface area (Å²) >= 11 is 0. The fourth-order valence-electron chi connectivity index (χ4n) is 12.5. The molecule has 2 aromatic heterocycles. The van der Waals surface area contributed by atoms with Gasteiger partial charge < -0.3 is 14.0 Å². The van der Waals surface area contributed by atoms with Crippen molar-refractivity contribution in [3.8, 4) is 96.0 Å². The molecule has 13 aromatic rings. The standard InChI is InChI=1S/C65H39N3O2.C9H10N2.C4H8.C3H6/c1-3-15-40(16-4-1)56-39-57(41-17-5-2-6-18-41)67-64(66-56)42-27-31-45(32-28-42)68-58-24-12-9-21-49(58)51-35-43(30-34-59(51)68)44-29-33-48-50-37-62-63(70-61-26-14-13-25-60(61)69-62)38-55(50)65(54(48)36-44)52-22-10-7-19-46(52)47-20-8-11-23-53(47)65;1-10-9(11-2)8-6-4-3-5-7-8;1-3-4-2;1-3-2/h1-39H;3-7H,1H2,2H3;3-4H,1-2H3;3H,1H2,2H3/b;;4-3-;. The van der Waals surface area contributed by atoms with Crippen molar-refractivity contribution in [1.29, 1.82) is 0 Å². The predicted octanol–water partition coefficient (Wildman–Crippen LogP) is 21.0. The van der Waals surface area contributed by atoms with Crippen LogP contribution in [0, 0.1) is 0 Å². The van der Waals surface area contributed by atoms with Crippen molar-refractivity contribution >= 4 is 34.4 Å². The lowest BCUT2D eigenvalue weighted by Gasteiger charge is -2.31. The number of fused-ring (bicyclic) bond motifs is 15. The molecule has 3 heterocycles. The smallest absolute Gasteiger partial charge is 0.170 e. The van der Waals surface area contributed by atoms with Crippen LogP contribution in [0.3, 0.4) is 0 Å². The van der Waals surface area contributed by atoms with Gasteiger partial charge in [0.05, 0.1) is 27.8 Å². The van der Waals surface area contributed by atoms with Gasteiger partial charge in [-0.2, -0.15) is 0 Å². The number of aromatic nitrogens is 3. The minimum Gasteiger partial charge on any atom is -0.450 e. The first-order valence-electron chi connectivity index (χ1n) is 29.6. The zero-order valence-electron chi connectivity index (χ0n) is 49.6. The largest absolute Gasteiger partial charge is 0.450 e. The van der Waals surface area contributed by atoms with Gasteiger partial charge in [-0.3, -0.25) is 4.99 Å². The van der Waals surface area contributed by atoms with Gasteiger partial charge in [0, 0.05) is 45.8 Å². The molecule has 0 saturated heterocycles. The van der Waals surface area contributed by atoms with E-state index in [1.807, 2.05) is 99.7 Å². The van der Waals surface area contributed by atoms with E-state index >= 15 is 0 Å². The van der Waals surface area contributed by atoms with Gasteiger partial charge in [0.1, 0.15) is 0 Å². The lowest BCUT2D eigenvalue weighted by atomic mass is 9.70. The number of rotatable bonds is 6. The average molecular weight is 1140 g/mol. The van der Waals surface area contributed by atoms with E-state index in [4.69, 9.17) is 19.4 Å². The van der Waals surface area contributed by atoms with E-state index in [2.05, 4.69) is 228 Å². The van der Waals surface area contributed by atoms with E-state index in [-0.39, 0.29) is 0 Å². The quantitative estimate of drug-likeness (QED) is 0.0945. The molecule has 88 heavy (non-hydrogen) atoms. The fraction of sp³-hybridized carbons (Fsp3) is 0.0617. The highest BCUT2D eigenvalue weighted by Gasteiger charge is 2.52. The molecule has 7 heteroatoms. The lowest BCUT2D eigenvalue weighted by Crippen LogP contribution is -2.26. The first kappa shape index (κ1) is 55.9. The SMILES string of the molecule is C/C=C\C.C=CC.C=NC(=NC)c1ccccc1.c1ccc(-c2cc(-c3ccccc3)nc(-c3ccc(-n4c5ccccc5c5cc(-c6ccc7c(c6)C6(c8ccccc8-c8ccccc86)c6cc8c(cc6-7)Oc6ccccc6O8)ccc54)cc3)n2)cc1. The van der Waals surface area contributed by atoms with Crippen LogP contribution in [0.2, 0.25) is 0 Å². The summed E-state index contributed by atoms with van der Waals surface area (Å²) < 4.78 is 15.5. The summed E-state index contributed by atoms with van der Waals surface area (Å²) in [6, 6.07) is 94.1. The second-order valence-electron chi connectivity index (χ2n) is 21.6. The van der Waals surface area contributed by atoms with Gasteiger partial charge in [0.15, 0.2) is 34.7 Å². The van der Waals surface area contributed by atoms with Crippen molar-refractivity contribution in [2.75, 3.05) is 7.05 Å². The molecule has 3 aliphatic rings. The van der Waals surface area contributed by atoms with Crippen LogP contribution in [0.1, 0.15) is 48.6 Å². The molecule has 0 atom stereocenters. The van der Waals surface area contributed by atoms with Crippen LogP contribution < -0.4 is 9.47 Å². The Labute approximate surface area is 514 Å². The average Bonchev–Trinajstić information content (AvgIpc) is 1.51. The highest BCUT2D eigenvalue weighted by atomic mass is 16.6. The number of ether oxygens (including phenoxy) is 2. The predicted molar refractivity (Wildman–Crippen MR) is 366 cm³/mol. The number of amidine groups is 1. The summed E-state index contributed by atoms with van der Waals surface area (Å²) in [4.78, 5) is 18.0. The molecule has 0 bridgehead atoms. The Morgan fingerprint density at radius 3 is 1.49 bits per heavy atom. The summed E-state index contributed by atoms with van der Waals surface area (Å²) in [7, 11) is 1.71. The second kappa shape index (κ2) is 24.4. The topological polar surface area (TPSA) is 73.9 Å². The van der Waals surface area contributed by atoms with Crippen molar-refractivity contribution in [2.24, 2.45) is 9.98 Å². The monoisotopic (exact) mass is 1140 g/mol. The van der Waals surface area contributed by atoms with Crippen molar-refractivity contribution in [2.45, 2.75) is 26.2 Å². The molecule has 2 aliphatic carbocycles. The summed E-state index contributed by atoms with van der Waals surface area (Å²) in [5.74, 6) is 4.27. The molecular weight excluding hydrogens is 1070 g/mol. The van der Waals surface area contributed by atoms with Crippen LogP contribution in [0.15, 0.2) is 302 Å². The molecule has 0 radical (unpaired) electrons. The number of aliphatic imine (C=N–C) groups is 2. The zero-order chi connectivity index (χ0) is 60.1. The van der Waals surface area contributed by atoms with E-state index in [0.717, 1.165) is 90.1 Å². The summed E-state index contributed by atoms with van der Waals surface area (Å²) in [6.07, 6.45) is 5.75. The molecular formula is C81H63N5O2. The normalized spacial score (nSPS) is 12.5. The first-order chi connectivity index (χ1) is 43.4. The van der Waals surface area contributed by atoms with Crippen molar-refractivity contribution < 1.29 is 9.47 Å². The van der Waals surface area contributed by atoms with Gasteiger partial charge in [-0.05, 0) is 162 Å². The van der Waals surface area contributed by atoms with Crippen LogP contribution >= 0.6 is 0 Å². The second-order valence-corrected chi connectivity index (χ2v) is 21.6. The number of benzene rings is 11. The number of hydrogen-bond donors (Lipinski definition) is 0. The van der Waals surface area contributed by atoms with Crippen molar-refractivity contribution in [3.05, 3.63) is 320 Å². The maximum Gasteiger partial charge on any atom is 0.170 e. The zero-order valence-corrected chi connectivity index (χ0v) is 49.6. The molecule has 424 valence electrons. The summed E-state index contributed by atoms with van der Waals surface area (Å²) in [5.41, 5.74) is 20.9. The molecule has 7 nitrogen and oxygen atoms in total. The minimum atomic E-state index is -0.563. The third-order valence-electron chi connectivity index (χ3n) is 16.4. The van der Waals surface area contributed by atoms with Gasteiger partial charge in [0.2, 0.25) is 0 Å². The molecule has 11 aromatic carbocycles. The Balaban J connectivity index is 0.000000348. The number of nitrogens with zero attached hydrogens (tertiary/aromatic N) is 5. The Morgan fingerprint density at radius 1 is 0.420 bits per heavy atom. The first-order valence-corrected chi connectivity index (χ1v) is 29.6. The lowest BCUT2D eigenvalue weighted by molar-refractivity contribution is 0.359. The third-order valence-corrected chi connectivity index (χ3v) is 16.4. The van der Waals surface area contributed by atoms with Crippen LogP contribution in [-0.4, -0.2) is 34.1 Å². The molecule has 0 fully saturated rings. The molecule has 1 spiro atoms. The summed E-state index contributed by atoms with van der Waals surface area (Å²) in [5, 5.41) is 2.39. The maximum absolute atomic E-state index is 6.62. The van der Waals surface area contributed by atoms with Crippen molar-refractivity contribution in [3.63, 3.8) is 0 Å². The number of hydrogen-bond acceptors (Lipinski definition) is 5. The van der Waals surface area contributed by atoms with E-state index in [1.165, 1.54) is 49.7 Å². The molecule has 0 saturated carbocycles. The van der Waals surface area contributed by atoms with Crippen LogP contribution in [0.4, 0.5) is 0 Å². The van der Waals surface area contributed by atoms with Crippen LogP contribution in [-0.2, 0) is 5.41 Å². The molecule has 1 aliphatic heterocycles. The van der Waals surface area contributed by atoms with Crippen molar-refractivity contribution in [1.82, 2.24) is 14.5 Å². The van der Waals surface area contributed by atoms with Gasteiger partial charge in [-0.25, -0.2) is 15.0 Å². The van der Waals surface area contributed by atoms with Gasteiger partial charge in [0.25, 0.3) is 0 Å². The van der Waals surface area contributed by atoms with Gasteiger partial charge in [-0.15, -0.1) is 6.58 Å². The molecule has 0 amide bonds. The molecule has 0 N–H and O–H groups in total. The van der Waals surface area contributed by atoms with E-state index < -0.39 is 5.41 Å². The Hall–Kier alpha value is -11.3. The van der Waals surface area contributed by atoms with E-state index in [1.54, 1.807) is 13.1 Å². The minimum absolute atomic E-state index is 0.563. The highest BCUT2D eigenvalue weighted by Crippen LogP contribution is 2.65. The number of para-hydroxylation sites is 3.